The standard InChI is InChI=1S/C25H18BrN3O/c26-20-7-8-24-21(14-20)23-15-22(19-6-5-16-3-1-2-4-18(16)13-19)28-29(23)25(30-24)17-9-11-27-12-10-17/h1-14,23,25H,15H2. The van der Waals surface area contributed by atoms with Crippen LogP contribution in [0.1, 0.15) is 35.4 Å². The summed E-state index contributed by atoms with van der Waals surface area (Å²) < 4.78 is 7.46. The van der Waals surface area contributed by atoms with Gasteiger partial charge in [-0.05, 0) is 52.7 Å². The van der Waals surface area contributed by atoms with Gasteiger partial charge in [0.2, 0.25) is 6.23 Å². The lowest BCUT2D eigenvalue weighted by atomic mass is 9.95. The quantitative estimate of drug-likeness (QED) is 0.359. The number of rotatable bonds is 2. The van der Waals surface area contributed by atoms with Gasteiger partial charge in [-0.15, -0.1) is 0 Å². The molecular formula is C25H18BrN3O. The average molecular weight is 456 g/mol. The lowest BCUT2D eigenvalue weighted by Gasteiger charge is -2.38. The maximum absolute atomic E-state index is 6.41. The second-order valence-electron chi connectivity index (χ2n) is 7.64. The van der Waals surface area contributed by atoms with Gasteiger partial charge in [0.1, 0.15) is 5.75 Å². The molecule has 4 aromatic rings. The molecule has 0 N–H and O–H groups in total. The van der Waals surface area contributed by atoms with Crippen LogP contribution in [0.3, 0.4) is 0 Å². The Morgan fingerprint density at radius 3 is 2.60 bits per heavy atom. The fourth-order valence-electron chi connectivity index (χ4n) is 4.35. The molecule has 6 rings (SSSR count). The minimum absolute atomic E-state index is 0.130. The highest BCUT2D eigenvalue weighted by atomic mass is 79.9. The van der Waals surface area contributed by atoms with Crippen molar-refractivity contribution >= 4 is 32.4 Å². The van der Waals surface area contributed by atoms with Crippen molar-refractivity contribution in [3.05, 3.63) is 106 Å². The third-order valence-corrected chi connectivity index (χ3v) is 6.32. The van der Waals surface area contributed by atoms with Crippen molar-refractivity contribution < 1.29 is 4.74 Å². The first-order valence-electron chi connectivity index (χ1n) is 9.97. The third kappa shape index (κ3) is 2.89. The summed E-state index contributed by atoms with van der Waals surface area (Å²) in [5.41, 5.74) is 4.45. The van der Waals surface area contributed by atoms with Gasteiger partial charge < -0.3 is 4.74 Å². The van der Waals surface area contributed by atoms with Crippen LogP contribution in [-0.2, 0) is 0 Å². The number of aromatic nitrogens is 1. The number of hydrazone groups is 1. The summed E-state index contributed by atoms with van der Waals surface area (Å²) in [6, 6.07) is 25.3. The molecule has 146 valence electrons. The lowest BCUT2D eigenvalue weighted by molar-refractivity contribution is -0.0191. The van der Waals surface area contributed by atoms with Gasteiger partial charge in [0.15, 0.2) is 0 Å². The van der Waals surface area contributed by atoms with Gasteiger partial charge in [-0.1, -0.05) is 52.3 Å². The summed E-state index contributed by atoms with van der Waals surface area (Å²) in [6.45, 7) is 0. The molecule has 5 heteroatoms. The van der Waals surface area contributed by atoms with Crippen LogP contribution in [0, 0.1) is 0 Å². The molecule has 4 nitrogen and oxygen atoms in total. The topological polar surface area (TPSA) is 37.7 Å². The molecule has 2 aliphatic rings. The van der Waals surface area contributed by atoms with Crippen molar-refractivity contribution in [3.63, 3.8) is 0 Å². The minimum atomic E-state index is -0.273. The molecule has 3 aromatic carbocycles. The highest BCUT2D eigenvalue weighted by molar-refractivity contribution is 9.10. The SMILES string of the molecule is Brc1ccc2c(c1)C1CC(c3ccc4ccccc4c3)=NN1C(c1ccncc1)O2. The van der Waals surface area contributed by atoms with Crippen LogP contribution in [-0.4, -0.2) is 15.7 Å². The Morgan fingerprint density at radius 2 is 1.73 bits per heavy atom. The summed E-state index contributed by atoms with van der Waals surface area (Å²) in [4.78, 5) is 4.16. The predicted molar refractivity (Wildman–Crippen MR) is 121 cm³/mol. The van der Waals surface area contributed by atoms with Crippen molar-refractivity contribution in [2.45, 2.75) is 18.7 Å². The molecule has 0 amide bonds. The summed E-state index contributed by atoms with van der Waals surface area (Å²) in [5, 5.41) is 9.64. The summed E-state index contributed by atoms with van der Waals surface area (Å²) >= 11 is 3.61. The Labute approximate surface area is 183 Å². The molecule has 0 saturated heterocycles. The molecule has 2 aliphatic heterocycles. The second-order valence-corrected chi connectivity index (χ2v) is 8.56. The Hall–Kier alpha value is -3.18. The van der Waals surface area contributed by atoms with E-state index in [1.807, 2.05) is 24.3 Å². The van der Waals surface area contributed by atoms with Crippen LogP contribution in [0.25, 0.3) is 10.8 Å². The first-order valence-corrected chi connectivity index (χ1v) is 10.8. The molecular weight excluding hydrogens is 438 g/mol. The van der Waals surface area contributed by atoms with E-state index in [0.717, 1.165) is 39.0 Å². The number of fused-ring (bicyclic) bond motifs is 4. The molecule has 0 fully saturated rings. The first kappa shape index (κ1) is 17.7. The van der Waals surface area contributed by atoms with Crippen molar-refractivity contribution in [1.82, 2.24) is 9.99 Å². The van der Waals surface area contributed by atoms with E-state index in [0.29, 0.717) is 0 Å². The molecule has 3 heterocycles. The Bertz CT molecular complexity index is 1290. The molecule has 0 aliphatic carbocycles. The number of ether oxygens (including phenoxy) is 1. The highest BCUT2D eigenvalue weighted by Crippen LogP contribution is 2.48. The van der Waals surface area contributed by atoms with Crippen LogP contribution in [0.2, 0.25) is 0 Å². The Balaban J connectivity index is 1.46. The van der Waals surface area contributed by atoms with Crippen LogP contribution in [0.15, 0.2) is 94.8 Å². The number of pyridine rings is 1. The monoisotopic (exact) mass is 455 g/mol. The number of hydrogen-bond donors (Lipinski definition) is 0. The first-order chi connectivity index (χ1) is 14.8. The second kappa shape index (κ2) is 6.96. The molecule has 2 unspecified atom stereocenters. The highest BCUT2D eigenvalue weighted by Gasteiger charge is 2.41. The maximum Gasteiger partial charge on any atom is 0.213 e. The number of hydrogen-bond acceptors (Lipinski definition) is 4. The van der Waals surface area contributed by atoms with E-state index in [2.05, 4.69) is 74.5 Å². The largest absolute Gasteiger partial charge is 0.464 e. The smallest absolute Gasteiger partial charge is 0.213 e. The zero-order valence-electron chi connectivity index (χ0n) is 16.1. The van der Waals surface area contributed by atoms with E-state index in [1.54, 1.807) is 12.4 Å². The van der Waals surface area contributed by atoms with Crippen LogP contribution in [0.5, 0.6) is 5.75 Å². The van der Waals surface area contributed by atoms with Gasteiger partial charge in [-0.2, -0.15) is 5.10 Å². The normalized spacial score (nSPS) is 19.8. The van der Waals surface area contributed by atoms with E-state index < -0.39 is 0 Å². The van der Waals surface area contributed by atoms with Gasteiger partial charge in [-0.25, -0.2) is 5.01 Å². The number of nitrogens with zero attached hydrogens (tertiary/aromatic N) is 3. The molecule has 0 radical (unpaired) electrons. The van der Waals surface area contributed by atoms with Crippen LogP contribution >= 0.6 is 15.9 Å². The molecule has 1 aromatic heterocycles. The Kier molecular flexibility index (Phi) is 4.09. The van der Waals surface area contributed by atoms with Crippen molar-refractivity contribution in [1.29, 1.82) is 0 Å². The van der Waals surface area contributed by atoms with E-state index in [1.165, 1.54) is 10.8 Å². The van der Waals surface area contributed by atoms with Crippen molar-refractivity contribution in [2.75, 3.05) is 0 Å². The summed E-state index contributed by atoms with van der Waals surface area (Å²) in [7, 11) is 0. The summed E-state index contributed by atoms with van der Waals surface area (Å²) in [6.07, 6.45) is 4.17. The fourth-order valence-corrected chi connectivity index (χ4v) is 4.73. The van der Waals surface area contributed by atoms with Gasteiger partial charge in [0.25, 0.3) is 0 Å². The molecule has 0 spiro atoms. The van der Waals surface area contributed by atoms with Crippen LogP contribution < -0.4 is 4.74 Å². The third-order valence-electron chi connectivity index (χ3n) is 5.83. The van der Waals surface area contributed by atoms with Crippen molar-refractivity contribution in [2.24, 2.45) is 5.10 Å². The lowest BCUT2D eigenvalue weighted by Crippen LogP contribution is -2.33. The Morgan fingerprint density at radius 1 is 0.900 bits per heavy atom. The molecule has 0 bridgehead atoms. The zero-order valence-corrected chi connectivity index (χ0v) is 17.7. The van der Waals surface area contributed by atoms with Crippen LogP contribution in [0.4, 0.5) is 0 Å². The van der Waals surface area contributed by atoms with E-state index in [-0.39, 0.29) is 12.3 Å². The molecule has 30 heavy (non-hydrogen) atoms. The van der Waals surface area contributed by atoms with E-state index >= 15 is 0 Å². The molecule has 0 saturated carbocycles. The van der Waals surface area contributed by atoms with Gasteiger partial charge in [0, 0.05) is 34.4 Å². The average Bonchev–Trinajstić information content (AvgIpc) is 3.25. The minimum Gasteiger partial charge on any atom is -0.464 e. The van der Waals surface area contributed by atoms with Crippen molar-refractivity contribution in [3.8, 4) is 5.75 Å². The van der Waals surface area contributed by atoms with E-state index in [4.69, 9.17) is 9.84 Å². The predicted octanol–water partition coefficient (Wildman–Crippen LogP) is 6.24. The van der Waals surface area contributed by atoms with Gasteiger partial charge >= 0.3 is 0 Å². The number of halogens is 1. The summed E-state index contributed by atoms with van der Waals surface area (Å²) in [5.74, 6) is 0.913. The maximum atomic E-state index is 6.41. The molecule has 2 atom stereocenters. The number of benzene rings is 3. The van der Waals surface area contributed by atoms with E-state index in [9.17, 15) is 0 Å². The fraction of sp³-hybridized carbons (Fsp3) is 0.120. The van der Waals surface area contributed by atoms with Gasteiger partial charge in [0.05, 0.1) is 11.8 Å². The zero-order chi connectivity index (χ0) is 20.1. The van der Waals surface area contributed by atoms with Gasteiger partial charge in [-0.3, -0.25) is 4.98 Å².